The molecule has 0 radical (unpaired) electrons. The summed E-state index contributed by atoms with van der Waals surface area (Å²) in [6.07, 6.45) is 1.44. The van der Waals surface area contributed by atoms with E-state index in [1.54, 1.807) is 36.4 Å². The van der Waals surface area contributed by atoms with Gasteiger partial charge in [-0.15, -0.1) is 0 Å². The van der Waals surface area contributed by atoms with Crippen LogP contribution in [0, 0.1) is 6.92 Å². The summed E-state index contributed by atoms with van der Waals surface area (Å²) < 4.78 is 26.6. The van der Waals surface area contributed by atoms with E-state index in [-0.39, 0.29) is 16.2 Å². The van der Waals surface area contributed by atoms with Gasteiger partial charge in [0.15, 0.2) is 9.84 Å². The van der Waals surface area contributed by atoms with Gasteiger partial charge in [-0.25, -0.2) is 8.42 Å². The standard InChI is InChI=1S/C25H24ClNO3S/c1-18-4-6-20(7-5-18)17-31(29,30)24(25(28)21-10-12-22(26)13-11-21)16-19-8-14-23(15-9-19)27(2)3/h4-16H,17H2,1-3H3/b24-16+. The number of sulfone groups is 1. The fourth-order valence-corrected chi connectivity index (χ4v) is 4.67. The summed E-state index contributed by atoms with van der Waals surface area (Å²) in [5.41, 5.74) is 3.55. The monoisotopic (exact) mass is 453 g/mol. The van der Waals surface area contributed by atoms with E-state index >= 15 is 0 Å². The van der Waals surface area contributed by atoms with Gasteiger partial charge < -0.3 is 4.90 Å². The Kier molecular flexibility index (Phi) is 6.98. The molecule has 31 heavy (non-hydrogen) atoms. The second-order valence-corrected chi connectivity index (χ2v) is 9.97. The number of benzene rings is 3. The minimum absolute atomic E-state index is 0.243. The van der Waals surface area contributed by atoms with E-state index in [0.29, 0.717) is 16.1 Å². The van der Waals surface area contributed by atoms with Crippen molar-refractivity contribution < 1.29 is 13.2 Å². The first-order chi connectivity index (χ1) is 14.7. The van der Waals surface area contributed by atoms with Crippen LogP contribution in [-0.2, 0) is 15.6 Å². The van der Waals surface area contributed by atoms with E-state index in [0.717, 1.165) is 11.3 Å². The number of nitrogens with zero attached hydrogens (tertiary/aromatic N) is 1. The van der Waals surface area contributed by atoms with Crippen LogP contribution < -0.4 is 4.90 Å². The van der Waals surface area contributed by atoms with Crippen molar-refractivity contribution >= 4 is 39.0 Å². The number of Topliss-reactive ketones (excluding diaryl/α,β-unsaturated/α-hetero) is 1. The molecule has 0 aromatic heterocycles. The highest BCUT2D eigenvalue weighted by molar-refractivity contribution is 7.95. The molecule has 3 aromatic carbocycles. The smallest absolute Gasteiger partial charge is 0.204 e. The van der Waals surface area contributed by atoms with Gasteiger partial charge in [0, 0.05) is 30.4 Å². The normalized spacial score (nSPS) is 11.9. The first-order valence-corrected chi connectivity index (χ1v) is 11.8. The molecule has 0 heterocycles. The first-order valence-electron chi connectivity index (χ1n) is 9.73. The molecule has 0 aliphatic carbocycles. The third kappa shape index (κ3) is 5.84. The van der Waals surface area contributed by atoms with Crippen molar-refractivity contribution in [2.75, 3.05) is 19.0 Å². The third-order valence-corrected chi connectivity index (χ3v) is 6.79. The molecule has 160 valence electrons. The van der Waals surface area contributed by atoms with E-state index in [9.17, 15) is 13.2 Å². The number of anilines is 1. The molecule has 0 amide bonds. The largest absolute Gasteiger partial charge is 0.378 e. The van der Waals surface area contributed by atoms with Crippen molar-refractivity contribution in [3.05, 3.63) is 105 Å². The van der Waals surface area contributed by atoms with Crippen LogP contribution in [0.2, 0.25) is 5.02 Å². The number of aryl methyl sites for hydroxylation is 1. The number of allylic oxidation sites excluding steroid dienone is 1. The lowest BCUT2D eigenvalue weighted by molar-refractivity contribution is 0.104. The van der Waals surface area contributed by atoms with Gasteiger partial charge in [-0.05, 0) is 60.5 Å². The Balaban J connectivity index is 2.05. The number of carbonyl (C=O) groups is 1. The second-order valence-electron chi connectivity index (χ2n) is 7.58. The molecule has 0 spiro atoms. The maximum Gasteiger partial charge on any atom is 0.204 e. The Morgan fingerprint density at radius 2 is 1.48 bits per heavy atom. The lowest BCUT2D eigenvalue weighted by Crippen LogP contribution is -2.16. The van der Waals surface area contributed by atoms with Crippen LogP contribution in [0.4, 0.5) is 5.69 Å². The zero-order valence-corrected chi connectivity index (χ0v) is 19.2. The molecule has 0 aliphatic heterocycles. The van der Waals surface area contributed by atoms with Crippen LogP contribution in [0.5, 0.6) is 0 Å². The average Bonchev–Trinajstić information content (AvgIpc) is 2.74. The van der Waals surface area contributed by atoms with Crippen LogP contribution in [0.15, 0.2) is 77.7 Å². The summed E-state index contributed by atoms with van der Waals surface area (Å²) in [5.74, 6) is -0.811. The predicted octanol–water partition coefficient (Wildman–Crippen LogP) is 5.55. The minimum Gasteiger partial charge on any atom is -0.378 e. The van der Waals surface area contributed by atoms with E-state index in [1.807, 2.05) is 50.2 Å². The van der Waals surface area contributed by atoms with Crippen molar-refractivity contribution in [1.82, 2.24) is 0 Å². The molecule has 0 saturated carbocycles. The van der Waals surface area contributed by atoms with Gasteiger partial charge in [-0.3, -0.25) is 4.79 Å². The van der Waals surface area contributed by atoms with Gasteiger partial charge in [0.05, 0.1) is 5.75 Å². The zero-order valence-electron chi connectivity index (χ0n) is 17.7. The van der Waals surface area contributed by atoms with Gasteiger partial charge in [0.2, 0.25) is 5.78 Å². The Bertz CT molecular complexity index is 1200. The molecule has 0 atom stereocenters. The molecular weight excluding hydrogens is 430 g/mol. The number of hydrogen-bond acceptors (Lipinski definition) is 4. The average molecular weight is 454 g/mol. The highest BCUT2D eigenvalue weighted by Gasteiger charge is 2.26. The lowest BCUT2D eigenvalue weighted by Gasteiger charge is -2.13. The van der Waals surface area contributed by atoms with Crippen LogP contribution in [0.1, 0.15) is 27.0 Å². The Morgan fingerprint density at radius 1 is 0.903 bits per heavy atom. The SMILES string of the molecule is Cc1ccc(CS(=O)(=O)/C(=C/c2ccc(N(C)C)cc2)C(=O)c2ccc(Cl)cc2)cc1. The van der Waals surface area contributed by atoms with Gasteiger partial charge in [0.1, 0.15) is 4.91 Å². The summed E-state index contributed by atoms with van der Waals surface area (Å²) in [4.78, 5) is 14.9. The van der Waals surface area contributed by atoms with Crippen LogP contribution >= 0.6 is 11.6 Å². The fourth-order valence-electron chi connectivity index (χ4n) is 3.04. The Hall–Kier alpha value is -2.89. The molecule has 0 unspecified atom stereocenters. The topological polar surface area (TPSA) is 54.5 Å². The van der Waals surface area contributed by atoms with Gasteiger partial charge in [0.25, 0.3) is 0 Å². The molecule has 0 N–H and O–H groups in total. The van der Waals surface area contributed by atoms with E-state index in [1.165, 1.54) is 18.2 Å². The summed E-state index contributed by atoms with van der Waals surface area (Å²) in [6.45, 7) is 1.94. The number of rotatable bonds is 7. The fraction of sp³-hybridized carbons (Fsp3) is 0.160. The minimum atomic E-state index is -3.90. The summed E-state index contributed by atoms with van der Waals surface area (Å²) in [7, 11) is -0.0563. The highest BCUT2D eigenvalue weighted by Crippen LogP contribution is 2.24. The van der Waals surface area contributed by atoms with Crippen molar-refractivity contribution in [2.45, 2.75) is 12.7 Å². The highest BCUT2D eigenvalue weighted by atomic mass is 35.5. The second kappa shape index (κ2) is 9.50. The number of hydrogen-bond donors (Lipinski definition) is 0. The molecule has 4 nitrogen and oxygen atoms in total. The molecule has 3 rings (SSSR count). The molecule has 6 heteroatoms. The van der Waals surface area contributed by atoms with Gasteiger partial charge >= 0.3 is 0 Å². The summed E-state index contributed by atoms with van der Waals surface area (Å²) in [5, 5.41) is 0.476. The Labute approximate surface area is 188 Å². The predicted molar refractivity (Wildman–Crippen MR) is 128 cm³/mol. The van der Waals surface area contributed by atoms with Gasteiger partial charge in [-0.1, -0.05) is 53.6 Å². The molecule has 3 aromatic rings. The zero-order chi connectivity index (χ0) is 22.6. The Morgan fingerprint density at radius 3 is 2.03 bits per heavy atom. The number of halogens is 1. The van der Waals surface area contributed by atoms with Crippen molar-refractivity contribution in [3.8, 4) is 0 Å². The number of carbonyl (C=O) groups excluding carboxylic acids is 1. The van der Waals surface area contributed by atoms with Gasteiger partial charge in [-0.2, -0.15) is 0 Å². The summed E-state index contributed by atoms with van der Waals surface area (Å²) in [6, 6.07) is 20.8. The maximum absolute atomic E-state index is 13.3. The maximum atomic E-state index is 13.3. The summed E-state index contributed by atoms with van der Waals surface area (Å²) >= 11 is 5.93. The quantitative estimate of drug-likeness (QED) is 0.347. The molecule has 0 saturated heterocycles. The third-order valence-electron chi connectivity index (χ3n) is 4.85. The molecule has 0 fully saturated rings. The van der Waals surface area contributed by atoms with Crippen molar-refractivity contribution in [2.24, 2.45) is 0 Å². The van der Waals surface area contributed by atoms with Crippen LogP contribution in [-0.4, -0.2) is 28.3 Å². The van der Waals surface area contributed by atoms with Crippen LogP contribution in [0.25, 0.3) is 6.08 Å². The first kappa shape index (κ1) is 22.8. The van der Waals surface area contributed by atoms with E-state index < -0.39 is 15.6 Å². The van der Waals surface area contributed by atoms with Crippen LogP contribution in [0.3, 0.4) is 0 Å². The van der Waals surface area contributed by atoms with E-state index in [4.69, 9.17) is 11.6 Å². The van der Waals surface area contributed by atoms with Crippen molar-refractivity contribution in [3.63, 3.8) is 0 Å². The number of ketones is 1. The molecule has 0 aliphatic rings. The van der Waals surface area contributed by atoms with Crippen molar-refractivity contribution in [1.29, 1.82) is 0 Å². The molecule has 0 bridgehead atoms. The lowest BCUT2D eigenvalue weighted by atomic mass is 10.1. The molecular formula is C25H24ClNO3S. The van der Waals surface area contributed by atoms with E-state index in [2.05, 4.69) is 0 Å².